The predicted octanol–water partition coefficient (Wildman–Crippen LogP) is 5.11. The Morgan fingerprint density at radius 3 is 2.47 bits per heavy atom. The van der Waals surface area contributed by atoms with E-state index in [9.17, 15) is 27.9 Å². The molecular weight excluding hydrogens is 471 g/mol. The Morgan fingerprint density at radius 1 is 1.03 bits per heavy atom. The van der Waals surface area contributed by atoms with Gasteiger partial charge >= 0.3 is 12.1 Å². The van der Waals surface area contributed by atoms with Crippen LogP contribution in [0.25, 0.3) is 6.08 Å². The van der Waals surface area contributed by atoms with Gasteiger partial charge in [-0.1, -0.05) is 17.8 Å². The van der Waals surface area contributed by atoms with E-state index in [1.807, 2.05) is 0 Å². The van der Waals surface area contributed by atoms with Gasteiger partial charge in [-0.3, -0.25) is 4.79 Å². The zero-order chi connectivity index (χ0) is 24.3. The fraction of sp³-hybridized carbons (Fsp3) is 0.333. The van der Waals surface area contributed by atoms with Gasteiger partial charge in [-0.05, 0) is 61.2 Å². The number of carbonyl (C=O) groups is 2. The number of carboxylic acids is 1. The number of fused-ring (bicyclic) bond motifs is 1. The van der Waals surface area contributed by atoms with Gasteiger partial charge in [0.2, 0.25) is 5.91 Å². The summed E-state index contributed by atoms with van der Waals surface area (Å²) in [7, 11) is 0. The van der Waals surface area contributed by atoms with E-state index < -0.39 is 29.7 Å². The van der Waals surface area contributed by atoms with Gasteiger partial charge in [0.05, 0.1) is 5.56 Å². The number of nitrogens with zero attached hydrogens (tertiary/aromatic N) is 1. The van der Waals surface area contributed by atoms with Crippen molar-refractivity contribution in [1.29, 1.82) is 0 Å². The fourth-order valence-electron chi connectivity index (χ4n) is 3.92. The minimum atomic E-state index is -4.64. The molecule has 1 atom stereocenters. The average molecular weight is 494 g/mol. The van der Waals surface area contributed by atoms with Crippen LogP contribution in [-0.2, 0) is 15.8 Å². The van der Waals surface area contributed by atoms with Crippen LogP contribution in [0.15, 0.2) is 52.3 Å². The van der Waals surface area contributed by atoms with E-state index in [0.29, 0.717) is 53.8 Å². The molecule has 34 heavy (non-hydrogen) atoms. The number of ether oxygens (including phenoxy) is 2. The van der Waals surface area contributed by atoms with Crippen molar-refractivity contribution in [2.45, 2.75) is 41.3 Å². The van der Waals surface area contributed by atoms with Gasteiger partial charge in [0.25, 0.3) is 0 Å². The number of piperidine rings is 1. The van der Waals surface area contributed by atoms with Gasteiger partial charge in [0, 0.05) is 22.4 Å². The molecule has 0 saturated carbocycles. The Hall–Kier alpha value is -3.14. The zero-order valence-corrected chi connectivity index (χ0v) is 18.8. The first-order chi connectivity index (χ1) is 16.2. The van der Waals surface area contributed by atoms with Crippen molar-refractivity contribution in [2.75, 3.05) is 19.8 Å². The van der Waals surface area contributed by atoms with E-state index in [-0.39, 0.29) is 12.1 Å². The summed E-state index contributed by atoms with van der Waals surface area (Å²) in [5, 5.41) is 9.33. The maximum atomic E-state index is 13.8. The summed E-state index contributed by atoms with van der Waals surface area (Å²) < 4.78 is 52.3. The lowest BCUT2D eigenvalue weighted by Gasteiger charge is -2.32. The number of halogens is 3. The molecule has 0 aromatic heterocycles. The highest BCUT2D eigenvalue weighted by molar-refractivity contribution is 7.99. The molecule has 1 saturated heterocycles. The molecular formula is C24H22F3NO5S. The highest BCUT2D eigenvalue weighted by Gasteiger charge is 2.34. The molecule has 0 bridgehead atoms. The lowest BCUT2D eigenvalue weighted by Crippen LogP contribution is -2.47. The number of hydrogen-bond donors (Lipinski definition) is 1. The molecule has 2 aliphatic heterocycles. The van der Waals surface area contributed by atoms with E-state index in [2.05, 4.69) is 0 Å². The minimum Gasteiger partial charge on any atom is -0.486 e. The van der Waals surface area contributed by atoms with Crippen LogP contribution >= 0.6 is 11.8 Å². The average Bonchev–Trinajstić information content (AvgIpc) is 2.82. The van der Waals surface area contributed by atoms with Crippen LogP contribution in [0.3, 0.4) is 0 Å². The number of likely N-dealkylation sites (tertiary alicyclic amines) is 1. The maximum absolute atomic E-state index is 13.8. The molecule has 1 N–H and O–H groups in total. The van der Waals surface area contributed by atoms with Crippen molar-refractivity contribution in [3.05, 3.63) is 53.6 Å². The number of amides is 1. The van der Waals surface area contributed by atoms with Gasteiger partial charge in [-0.15, -0.1) is 0 Å². The lowest BCUT2D eigenvalue weighted by atomic mass is 10.0. The molecule has 10 heteroatoms. The van der Waals surface area contributed by atoms with Crippen LogP contribution < -0.4 is 9.47 Å². The summed E-state index contributed by atoms with van der Waals surface area (Å²) in [6.45, 7) is 1.11. The van der Waals surface area contributed by atoms with Gasteiger partial charge in [-0.25, -0.2) is 4.79 Å². The van der Waals surface area contributed by atoms with Gasteiger partial charge in [0.1, 0.15) is 19.3 Å². The molecule has 0 spiro atoms. The number of alkyl halides is 3. The SMILES string of the molecule is O=C(O)C1CCCCN1C(=O)C=Cc1ccc(Sc2ccc3c(c2)OCCO3)cc1C(F)(F)F. The molecule has 0 radical (unpaired) electrons. The van der Waals surface area contributed by atoms with E-state index in [4.69, 9.17) is 9.47 Å². The molecule has 2 aromatic rings. The third-order valence-corrected chi connectivity index (χ3v) is 6.54. The van der Waals surface area contributed by atoms with Crippen molar-refractivity contribution >= 4 is 29.7 Å². The number of carbonyl (C=O) groups excluding carboxylic acids is 1. The minimum absolute atomic E-state index is 0.170. The van der Waals surface area contributed by atoms with Crippen LogP contribution in [0.5, 0.6) is 11.5 Å². The van der Waals surface area contributed by atoms with Crippen LogP contribution in [-0.4, -0.2) is 47.7 Å². The molecule has 6 nitrogen and oxygen atoms in total. The molecule has 0 aliphatic carbocycles. The smallest absolute Gasteiger partial charge is 0.417 e. The molecule has 1 fully saturated rings. The Morgan fingerprint density at radius 2 is 1.74 bits per heavy atom. The maximum Gasteiger partial charge on any atom is 0.417 e. The topological polar surface area (TPSA) is 76.1 Å². The Kier molecular flexibility index (Phi) is 7.06. The molecule has 2 heterocycles. The Bertz CT molecular complexity index is 1120. The van der Waals surface area contributed by atoms with Crippen LogP contribution in [0.1, 0.15) is 30.4 Å². The van der Waals surface area contributed by atoms with Crippen molar-refractivity contribution in [1.82, 2.24) is 4.90 Å². The summed E-state index contributed by atoms with van der Waals surface area (Å²) in [6.07, 6.45) is -0.861. The largest absolute Gasteiger partial charge is 0.486 e. The van der Waals surface area contributed by atoms with Gasteiger partial charge in [-0.2, -0.15) is 13.2 Å². The summed E-state index contributed by atoms with van der Waals surface area (Å²) in [4.78, 5) is 26.2. The molecule has 2 aliphatic rings. The molecule has 180 valence electrons. The number of hydrogen-bond acceptors (Lipinski definition) is 5. The monoisotopic (exact) mass is 493 g/mol. The zero-order valence-electron chi connectivity index (χ0n) is 18.0. The quantitative estimate of drug-likeness (QED) is 0.584. The normalized spacial score (nSPS) is 18.2. The predicted molar refractivity (Wildman–Crippen MR) is 119 cm³/mol. The van der Waals surface area contributed by atoms with Crippen molar-refractivity contribution in [3.63, 3.8) is 0 Å². The first-order valence-electron chi connectivity index (χ1n) is 10.7. The number of rotatable bonds is 5. The first-order valence-corrected chi connectivity index (χ1v) is 11.5. The Balaban J connectivity index is 1.55. The van der Waals surface area contributed by atoms with Crippen molar-refractivity contribution < 1.29 is 37.3 Å². The van der Waals surface area contributed by atoms with Gasteiger partial charge < -0.3 is 19.5 Å². The van der Waals surface area contributed by atoms with E-state index in [1.54, 1.807) is 24.3 Å². The molecule has 2 aromatic carbocycles. The van der Waals surface area contributed by atoms with E-state index >= 15 is 0 Å². The van der Waals surface area contributed by atoms with E-state index in [0.717, 1.165) is 30.0 Å². The fourth-order valence-corrected chi connectivity index (χ4v) is 4.81. The molecule has 1 amide bonds. The second kappa shape index (κ2) is 10.0. The van der Waals surface area contributed by atoms with Crippen LogP contribution in [0.4, 0.5) is 13.2 Å². The van der Waals surface area contributed by atoms with Crippen molar-refractivity contribution in [2.24, 2.45) is 0 Å². The highest BCUT2D eigenvalue weighted by atomic mass is 32.2. The second-order valence-corrected chi connectivity index (χ2v) is 9.02. The highest BCUT2D eigenvalue weighted by Crippen LogP contribution is 2.40. The summed E-state index contributed by atoms with van der Waals surface area (Å²) in [5.74, 6) is -0.591. The third kappa shape index (κ3) is 5.49. The Labute approximate surface area is 198 Å². The van der Waals surface area contributed by atoms with Crippen LogP contribution in [0, 0.1) is 0 Å². The van der Waals surface area contributed by atoms with Crippen molar-refractivity contribution in [3.8, 4) is 11.5 Å². The number of benzene rings is 2. The first kappa shape index (κ1) is 24.0. The van der Waals surface area contributed by atoms with E-state index in [1.165, 1.54) is 11.0 Å². The van der Waals surface area contributed by atoms with Gasteiger partial charge in [0.15, 0.2) is 11.5 Å². The second-order valence-electron chi connectivity index (χ2n) is 7.87. The number of aliphatic carboxylic acids is 1. The standard InChI is InChI=1S/C24H22F3NO5S/c25-24(26,27)18-13-16(34-17-7-8-20-21(14-17)33-12-11-32-20)6-4-15(18)5-9-22(29)28-10-2-1-3-19(28)23(30)31/h4-9,13-14,19H,1-3,10-12H2,(H,30,31). The van der Waals surface area contributed by atoms with Crippen LogP contribution in [0.2, 0.25) is 0 Å². The number of carboxylic acid groups (broad SMARTS) is 1. The molecule has 4 rings (SSSR count). The summed E-state index contributed by atoms with van der Waals surface area (Å²) >= 11 is 1.15. The summed E-state index contributed by atoms with van der Waals surface area (Å²) in [5.41, 5.74) is -1.05. The molecule has 1 unspecified atom stereocenters. The summed E-state index contributed by atoms with van der Waals surface area (Å²) in [6, 6.07) is 8.10. The third-order valence-electron chi connectivity index (χ3n) is 5.56. The lowest BCUT2D eigenvalue weighted by molar-refractivity contribution is -0.150.